The Morgan fingerprint density at radius 2 is 1.79 bits per heavy atom. The van der Waals surface area contributed by atoms with Crippen molar-refractivity contribution in [1.82, 2.24) is 10.2 Å². The SMILES string of the molecule is CSc1ccc(CC(=O)Nc2nnc(Cc3ccc4c(c3)OCCO4)o2)cc1. The molecule has 0 fully saturated rings. The fraction of sp³-hybridized carbons (Fsp3) is 0.250. The molecule has 28 heavy (non-hydrogen) atoms. The number of hydrogen-bond donors (Lipinski definition) is 1. The van der Waals surface area contributed by atoms with E-state index in [4.69, 9.17) is 13.9 Å². The minimum atomic E-state index is -0.202. The molecule has 0 radical (unpaired) electrons. The van der Waals surface area contributed by atoms with E-state index >= 15 is 0 Å². The van der Waals surface area contributed by atoms with Crippen LogP contribution in [0.1, 0.15) is 17.0 Å². The van der Waals surface area contributed by atoms with E-state index in [0.717, 1.165) is 21.8 Å². The van der Waals surface area contributed by atoms with Crippen LogP contribution < -0.4 is 14.8 Å². The molecule has 0 saturated carbocycles. The highest BCUT2D eigenvalue weighted by Gasteiger charge is 2.14. The molecule has 8 heteroatoms. The van der Waals surface area contributed by atoms with Crippen LogP contribution in [0.25, 0.3) is 0 Å². The highest BCUT2D eigenvalue weighted by Crippen LogP contribution is 2.31. The first kappa shape index (κ1) is 18.4. The highest BCUT2D eigenvalue weighted by molar-refractivity contribution is 7.98. The summed E-state index contributed by atoms with van der Waals surface area (Å²) in [6.45, 7) is 1.09. The molecule has 0 aliphatic carbocycles. The van der Waals surface area contributed by atoms with E-state index < -0.39 is 0 Å². The maximum atomic E-state index is 12.2. The second-order valence-corrected chi connectivity index (χ2v) is 7.11. The van der Waals surface area contributed by atoms with Crippen molar-refractivity contribution in [1.29, 1.82) is 0 Å². The van der Waals surface area contributed by atoms with Crippen LogP contribution in [-0.4, -0.2) is 35.6 Å². The molecule has 0 atom stereocenters. The number of nitrogens with zero attached hydrogens (tertiary/aromatic N) is 2. The Morgan fingerprint density at radius 3 is 2.57 bits per heavy atom. The second kappa shape index (κ2) is 8.35. The van der Waals surface area contributed by atoms with Gasteiger partial charge in [-0.25, -0.2) is 0 Å². The summed E-state index contributed by atoms with van der Waals surface area (Å²) >= 11 is 1.66. The topological polar surface area (TPSA) is 86.5 Å². The van der Waals surface area contributed by atoms with Crippen molar-refractivity contribution in [2.75, 3.05) is 24.8 Å². The lowest BCUT2D eigenvalue weighted by Crippen LogP contribution is -2.15. The number of carbonyl (C=O) groups excluding carboxylic acids is 1. The average Bonchev–Trinajstić information content (AvgIpc) is 3.15. The first-order chi connectivity index (χ1) is 13.7. The van der Waals surface area contributed by atoms with Gasteiger partial charge in [0.05, 0.1) is 12.8 Å². The third-order valence-corrected chi connectivity index (χ3v) is 4.94. The Morgan fingerprint density at radius 1 is 1.04 bits per heavy atom. The first-order valence-corrected chi connectivity index (χ1v) is 10.1. The molecule has 0 unspecified atom stereocenters. The van der Waals surface area contributed by atoms with Gasteiger partial charge in [-0.2, -0.15) is 0 Å². The van der Waals surface area contributed by atoms with E-state index in [9.17, 15) is 4.79 Å². The lowest BCUT2D eigenvalue weighted by atomic mass is 10.1. The van der Waals surface area contributed by atoms with Gasteiger partial charge in [0.1, 0.15) is 13.2 Å². The van der Waals surface area contributed by atoms with Gasteiger partial charge < -0.3 is 13.9 Å². The van der Waals surface area contributed by atoms with E-state index in [1.165, 1.54) is 0 Å². The van der Waals surface area contributed by atoms with Crippen LogP contribution in [0.3, 0.4) is 0 Å². The number of aromatic nitrogens is 2. The van der Waals surface area contributed by atoms with Gasteiger partial charge in [-0.15, -0.1) is 16.9 Å². The molecule has 2 heterocycles. The van der Waals surface area contributed by atoms with Crippen molar-refractivity contribution in [3.8, 4) is 11.5 Å². The lowest BCUT2D eigenvalue weighted by Gasteiger charge is -2.18. The largest absolute Gasteiger partial charge is 0.486 e. The number of fused-ring (bicyclic) bond motifs is 1. The number of rotatable bonds is 6. The maximum absolute atomic E-state index is 12.2. The van der Waals surface area contributed by atoms with Crippen LogP contribution in [0.4, 0.5) is 6.01 Å². The zero-order valence-electron chi connectivity index (χ0n) is 15.3. The molecule has 3 aromatic rings. The van der Waals surface area contributed by atoms with E-state index in [2.05, 4.69) is 15.5 Å². The Kier molecular flexibility index (Phi) is 5.48. The summed E-state index contributed by atoms with van der Waals surface area (Å²) < 4.78 is 16.6. The van der Waals surface area contributed by atoms with Gasteiger partial charge in [-0.05, 0) is 41.6 Å². The zero-order valence-corrected chi connectivity index (χ0v) is 16.1. The molecular weight excluding hydrogens is 378 g/mol. The molecule has 1 aliphatic rings. The first-order valence-electron chi connectivity index (χ1n) is 8.83. The Bertz CT molecular complexity index is 972. The standard InChI is InChI=1S/C20H19N3O4S/c1-28-15-5-2-13(3-6-15)11-18(24)21-20-23-22-19(27-20)12-14-4-7-16-17(10-14)26-9-8-25-16/h2-7,10H,8-9,11-12H2,1H3,(H,21,23,24). The fourth-order valence-electron chi connectivity index (χ4n) is 2.84. The normalized spacial score (nSPS) is 12.6. The van der Waals surface area contributed by atoms with Gasteiger partial charge in [-0.1, -0.05) is 23.3 Å². The Balaban J connectivity index is 1.35. The van der Waals surface area contributed by atoms with Crippen molar-refractivity contribution in [3.05, 3.63) is 59.5 Å². The summed E-state index contributed by atoms with van der Waals surface area (Å²) in [5.74, 6) is 1.66. The van der Waals surface area contributed by atoms with Gasteiger partial charge in [0.2, 0.25) is 11.8 Å². The molecule has 1 aromatic heterocycles. The molecule has 1 aliphatic heterocycles. The van der Waals surface area contributed by atoms with Crippen LogP contribution in [0.15, 0.2) is 51.8 Å². The monoisotopic (exact) mass is 397 g/mol. The third-order valence-electron chi connectivity index (χ3n) is 4.20. The lowest BCUT2D eigenvalue weighted by molar-refractivity contribution is -0.115. The Hall–Kier alpha value is -3.00. The molecule has 1 amide bonds. The number of thioether (sulfide) groups is 1. The van der Waals surface area contributed by atoms with Crippen LogP contribution >= 0.6 is 11.8 Å². The van der Waals surface area contributed by atoms with Crippen LogP contribution in [-0.2, 0) is 17.6 Å². The molecule has 0 saturated heterocycles. The van der Waals surface area contributed by atoms with Gasteiger partial charge in [0.15, 0.2) is 11.5 Å². The number of ether oxygens (including phenoxy) is 2. The van der Waals surface area contributed by atoms with Crippen molar-refractivity contribution in [2.45, 2.75) is 17.7 Å². The summed E-state index contributed by atoms with van der Waals surface area (Å²) in [5, 5.41) is 10.5. The van der Waals surface area contributed by atoms with Crippen molar-refractivity contribution in [2.24, 2.45) is 0 Å². The van der Waals surface area contributed by atoms with Gasteiger partial charge >= 0.3 is 6.01 Å². The third kappa shape index (κ3) is 4.45. The fourth-order valence-corrected chi connectivity index (χ4v) is 3.25. The number of anilines is 1. The molecule has 144 valence electrons. The summed E-state index contributed by atoms with van der Waals surface area (Å²) in [6, 6.07) is 13.6. The molecule has 0 spiro atoms. The number of amides is 1. The second-order valence-electron chi connectivity index (χ2n) is 6.23. The molecule has 4 rings (SSSR count). The van der Waals surface area contributed by atoms with Crippen molar-refractivity contribution in [3.63, 3.8) is 0 Å². The highest BCUT2D eigenvalue weighted by atomic mass is 32.2. The van der Waals surface area contributed by atoms with E-state index in [-0.39, 0.29) is 18.3 Å². The molecular formula is C20H19N3O4S. The van der Waals surface area contributed by atoms with Crippen molar-refractivity contribution < 1.29 is 18.7 Å². The van der Waals surface area contributed by atoms with Crippen LogP contribution in [0.5, 0.6) is 11.5 Å². The summed E-state index contributed by atoms with van der Waals surface area (Å²) in [4.78, 5) is 13.3. The van der Waals surface area contributed by atoms with Gasteiger partial charge in [0.25, 0.3) is 0 Å². The minimum absolute atomic E-state index is 0.0956. The predicted molar refractivity (Wildman–Crippen MR) is 105 cm³/mol. The Labute approximate surface area is 166 Å². The summed E-state index contributed by atoms with van der Waals surface area (Å²) in [5.41, 5.74) is 1.88. The average molecular weight is 397 g/mol. The number of carbonyl (C=O) groups is 1. The molecule has 2 aromatic carbocycles. The summed E-state index contributed by atoms with van der Waals surface area (Å²) in [6.07, 6.45) is 2.70. The zero-order chi connectivity index (χ0) is 19.3. The van der Waals surface area contributed by atoms with Crippen LogP contribution in [0.2, 0.25) is 0 Å². The summed E-state index contributed by atoms with van der Waals surface area (Å²) in [7, 11) is 0. The van der Waals surface area contributed by atoms with E-state index in [1.807, 2.05) is 48.7 Å². The van der Waals surface area contributed by atoms with Crippen molar-refractivity contribution >= 4 is 23.7 Å². The van der Waals surface area contributed by atoms with Crippen LogP contribution in [0, 0.1) is 0 Å². The number of hydrogen-bond acceptors (Lipinski definition) is 7. The minimum Gasteiger partial charge on any atom is -0.486 e. The predicted octanol–water partition coefficient (Wildman–Crippen LogP) is 3.33. The number of benzene rings is 2. The van der Waals surface area contributed by atoms with E-state index in [0.29, 0.717) is 31.3 Å². The number of nitrogens with one attached hydrogen (secondary N) is 1. The molecule has 1 N–H and O–H groups in total. The quantitative estimate of drug-likeness (QED) is 0.639. The van der Waals surface area contributed by atoms with Gasteiger partial charge in [-0.3, -0.25) is 10.1 Å². The molecule has 7 nitrogen and oxygen atoms in total. The smallest absolute Gasteiger partial charge is 0.322 e. The van der Waals surface area contributed by atoms with E-state index in [1.54, 1.807) is 11.8 Å². The molecule has 0 bridgehead atoms. The maximum Gasteiger partial charge on any atom is 0.322 e. The van der Waals surface area contributed by atoms with Gasteiger partial charge in [0, 0.05) is 4.90 Å².